The molecule has 1 aliphatic rings. The van der Waals surface area contributed by atoms with Gasteiger partial charge in [0, 0.05) is 30.0 Å². The maximum Gasteiger partial charge on any atom is 0.416 e. The summed E-state index contributed by atoms with van der Waals surface area (Å²) in [5, 5.41) is 10.1. The van der Waals surface area contributed by atoms with Crippen LogP contribution in [0.25, 0.3) is 0 Å². The van der Waals surface area contributed by atoms with Gasteiger partial charge in [0.2, 0.25) is 5.95 Å². The van der Waals surface area contributed by atoms with E-state index in [4.69, 9.17) is 11.6 Å². The summed E-state index contributed by atoms with van der Waals surface area (Å²) in [5.74, 6) is 0.293. The van der Waals surface area contributed by atoms with E-state index in [-0.39, 0.29) is 17.6 Å². The number of rotatable bonds is 7. The lowest BCUT2D eigenvalue weighted by molar-refractivity contribution is -0.137. The smallest absolute Gasteiger partial charge is 0.416 e. The minimum Gasteiger partial charge on any atom is -0.465 e. The van der Waals surface area contributed by atoms with E-state index in [0.717, 1.165) is 17.7 Å². The number of anilines is 1. The van der Waals surface area contributed by atoms with Crippen LogP contribution in [0.15, 0.2) is 65.4 Å². The maximum atomic E-state index is 13.5. The minimum atomic E-state index is -4.56. The molecule has 3 aromatic rings. The van der Waals surface area contributed by atoms with Crippen molar-refractivity contribution in [3.8, 4) is 0 Å². The molecule has 2 aromatic carbocycles. The van der Waals surface area contributed by atoms with E-state index in [1.807, 2.05) is 37.3 Å². The largest absolute Gasteiger partial charge is 0.465 e. The predicted molar refractivity (Wildman–Crippen MR) is 139 cm³/mol. The van der Waals surface area contributed by atoms with Crippen molar-refractivity contribution in [1.29, 1.82) is 0 Å². The van der Waals surface area contributed by atoms with E-state index in [2.05, 4.69) is 25.9 Å². The van der Waals surface area contributed by atoms with Crippen molar-refractivity contribution in [3.05, 3.63) is 87.1 Å². The highest BCUT2D eigenvalue weighted by Crippen LogP contribution is 2.37. The Morgan fingerprint density at radius 2 is 1.84 bits per heavy atom. The number of hydrogen-bond acceptors (Lipinski definition) is 4. The van der Waals surface area contributed by atoms with Crippen molar-refractivity contribution in [2.75, 3.05) is 4.90 Å². The Bertz CT molecular complexity index is 1230. The highest BCUT2D eigenvalue weighted by atomic mass is 79.9. The third-order valence-electron chi connectivity index (χ3n) is 6.59. The average molecular weight is 598 g/mol. The van der Waals surface area contributed by atoms with E-state index in [1.165, 1.54) is 11.0 Å². The summed E-state index contributed by atoms with van der Waals surface area (Å²) in [6.45, 7) is 1.95. The van der Waals surface area contributed by atoms with Crippen LogP contribution in [0.1, 0.15) is 36.5 Å². The van der Waals surface area contributed by atoms with Crippen LogP contribution >= 0.6 is 27.5 Å². The second kappa shape index (κ2) is 11.3. The zero-order valence-corrected chi connectivity index (χ0v) is 22.2. The normalized spacial score (nSPS) is 19.7. The molecule has 0 aliphatic carbocycles. The molecule has 0 bridgehead atoms. The van der Waals surface area contributed by atoms with Crippen molar-refractivity contribution in [3.63, 3.8) is 0 Å². The van der Waals surface area contributed by atoms with Gasteiger partial charge in [-0.05, 0) is 64.5 Å². The molecular formula is C26H25BrClF3N4O2. The van der Waals surface area contributed by atoms with Gasteiger partial charge in [-0.2, -0.15) is 13.2 Å². The first-order valence-corrected chi connectivity index (χ1v) is 12.9. The summed E-state index contributed by atoms with van der Waals surface area (Å²) >= 11 is 9.39. The fourth-order valence-electron chi connectivity index (χ4n) is 4.98. The first kappa shape index (κ1) is 27.2. The number of carbonyl (C=O) groups is 1. The molecule has 2 heterocycles. The van der Waals surface area contributed by atoms with Crippen molar-refractivity contribution in [2.24, 2.45) is 0 Å². The topological polar surface area (TPSA) is 69.6 Å². The summed E-state index contributed by atoms with van der Waals surface area (Å²) in [6, 6.07) is 11.8. The van der Waals surface area contributed by atoms with Crippen molar-refractivity contribution in [1.82, 2.24) is 14.9 Å². The third-order valence-corrected chi connectivity index (χ3v) is 7.22. The lowest BCUT2D eigenvalue weighted by atomic mass is 9.97. The fraction of sp³-hybridized carbons (Fsp3) is 0.346. The second-order valence-electron chi connectivity index (χ2n) is 8.99. The Morgan fingerprint density at radius 3 is 2.43 bits per heavy atom. The first-order valence-electron chi connectivity index (χ1n) is 11.7. The lowest BCUT2D eigenvalue weighted by Crippen LogP contribution is -2.49. The zero-order valence-electron chi connectivity index (χ0n) is 19.9. The molecule has 1 saturated heterocycles. The molecule has 0 spiro atoms. The Morgan fingerprint density at radius 1 is 1.16 bits per heavy atom. The number of benzene rings is 2. The van der Waals surface area contributed by atoms with E-state index < -0.39 is 29.9 Å². The van der Waals surface area contributed by atoms with Crippen LogP contribution in [0, 0.1) is 0 Å². The molecule has 1 amide bonds. The molecule has 196 valence electrons. The number of halogens is 5. The van der Waals surface area contributed by atoms with Crippen LogP contribution in [0.5, 0.6) is 0 Å². The number of nitrogens with zero attached hydrogens (tertiary/aromatic N) is 4. The van der Waals surface area contributed by atoms with E-state index in [9.17, 15) is 23.1 Å². The Labute approximate surface area is 226 Å². The number of hydrogen-bond donors (Lipinski definition) is 1. The molecule has 4 rings (SSSR count). The van der Waals surface area contributed by atoms with Gasteiger partial charge in [-0.15, -0.1) is 0 Å². The molecule has 1 aliphatic heterocycles. The van der Waals surface area contributed by atoms with Gasteiger partial charge >= 0.3 is 12.3 Å². The van der Waals surface area contributed by atoms with Gasteiger partial charge in [0.05, 0.1) is 22.1 Å². The summed E-state index contributed by atoms with van der Waals surface area (Å²) in [4.78, 5) is 24.5. The molecule has 1 aromatic heterocycles. The number of amides is 1. The SMILES string of the molecule is CC[C@@H]1C[C@H](N(Cc2cc(Cl)cc(C(F)(F)F)c2)c2ncc(Br)cn2)[C@H](Cc2ccccc2)N1C(=O)O. The van der Waals surface area contributed by atoms with Crippen LogP contribution in [-0.2, 0) is 19.1 Å². The van der Waals surface area contributed by atoms with Crippen molar-refractivity contribution >= 4 is 39.6 Å². The molecule has 3 atom stereocenters. The van der Waals surface area contributed by atoms with E-state index >= 15 is 0 Å². The van der Waals surface area contributed by atoms with Gasteiger partial charge in [0.15, 0.2) is 0 Å². The molecule has 37 heavy (non-hydrogen) atoms. The molecule has 6 nitrogen and oxygen atoms in total. The van der Waals surface area contributed by atoms with Gasteiger partial charge in [-0.1, -0.05) is 48.9 Å². The van der Waals surface area contributed by atoms with Gasteiger partial charge in [0.1, 0.15) is 0 Å². The summed E-state index contributed by atoms with van der Waals surface area (Å²) in [6.07, 6.45) is -0.969. The van der Waals surface area contributed by atoms with Crippen molar-refractivity contribution < 1.29 is 23.1 Å². The Hall–Kier alpha value is -2.85. The van der Waals surface area contributed by atoms with Crippen LogP contribution in [0.3, 0.4) is 0 Å². The highest BCUT2D eigenvalue weighted by Gasteiger charge is 2.46. The van der Waals surface area contributed by atoms with E-state index in [1.54, 1.807) is 17.3 Å². The Balaban J connectivity index is 1.79. The first-order chi connectivity index (χ1) is 17.6. The van der Waals surface area contributed by atoms with Crippen LogP contribution in [0.2, 0.25) is 5.02 Å². The fourth-order valence-corrected chi connectivity index (χ4v) is 5.45. The summed E-state index contributed by atoms with van der Waals surface area (Å²) in [5.41, 5.74) is 0.434. The molecule has 1 fully saturated rings. The molecule has 1 N–H and O–H groups in total. The quantitative estimate of drug-likeness (QED) is 0.316. The van der Waals surface area contributed by atoms with Crippen molar-refractivity contribution in [2.45, 2.75) is 57.0 Å². The van der Waals surface area contributed by atoms with Gasteiger partial charge in [0.25, 0.3) is 0 Å². The van der Waals surface area contributed by atoms with Gasteiger partial charge in [-0.25, -0.2) is 14.8 Å². The molecule has 11 heteroatoms. The van der Waals surface area contributed by atoms with Crippen LogP contribution < -0.4 is 4.90 Å². The van der Waals surface area contributed by atoms with Gasteiger partial charge < -0.3 is 10.0 Å². The lowest BCUT2D eigenvalue weighted by Gasteiger charge is -2.35. The standard InChI is InChI=1S/C26H25BrClF3N4O2/c1-2-21-12-22(23(35(21)25(36)37)10-16-6-4-3-5-7-16)34(24-32-13-19(27)14-33-24)15-17-8-18(26(29,30)31)11-20(28)9-17/h3-9,11,13-14,21-23H,2,10,12,15H2,1H3,(H,36,37)/t21-,22+,23+/m1/s1. The van der Waals surface area contributed by atoms with Gasteiger partial charge in [-0.3, -0.25) is 4.90 Å². The van der Waals surface area contributed by atoms with Crippen LogP contribution in [0.4, 0.5) is 23.9 Å². The van der Waals surface area contributed by atoms with Crippen LogP contribution in [-0.4, -0.2) is 44.2 Å². The van der Waals surface area contributed by atoms with E-state index in [0.29, 0.717) is 35.2 Å². The number of aromatic nitrogens is 2. The Kier molecular flexibility index (Phi) is 8.28. The third kappa shape index (κ3) is 6.35. The second-order valence-corrected chi connectivity index (χ2v) is 10.3. The minimum absolute atomic E-state index is 0.0190. The predicted octanol–water partition coefficient (Wildman–Crippen LogP) is 7.06. The molecule has 0 radical (unpaired) electrons. The summed E-state index contributed by atoms with van der Waals surface area (Å²) in [7, 11) is 0. The number of carboxylic acid groups (broad SMARTS) is 1. The zero-order chi connectivity index (χ0) is 26.7. The molecule has 0 saturated carbocycles. The highest BCUT2D eigenvalue weighted by molar-refractivity contribution is 9.10. The number of likely N-dealkylation sites (tertiary alicyclic amines) is 1. The maximum absolute atomic E-state index is 13.5. The summed E-state index contributed by atoms with van der Waals surface area (Å²) < 4.78 is 41.2. The number of alkyl halides is 3. The average Bonchev–Trinajstić information content (AvgIpc) is 3.21. The molecular weight excluding hydrogens is 573 g/mol. The monoisotopic (exact) mass is 596 g/mol. The molecule has 0 unspecified atom stereocenters.